The molecule has 0 bridgehead atoms. The minimum absolute atomic E-state index is 0.134. The van der Waals surface area contributed by atoms with E-state index in [-0.39, 0.29) is 25.2 Å². The van der Waals surface area contributed by atoms with Gasteiger partial charge >= 0.3 is 6.03 Å². The third kappa shape index (κ3) is 3.82. The second kappa shape index (κ2) is 7.66. The van der Waals surface area contributed by atoms with E-state index in [1.54, 1.807) is 26.1 Å². The quantitative estimate of drug-likeness (QED) is 0.798. The van der Waals surface area contributed by atoms with Crippen LogP contribution in [0.2, 0.25) is 5.02 Å². The fourth-order valence-electron chi connectivity index (χ4n) is 3.24. The fraction of sp³-hybridized carbons (Fsp3) is 0.300. The lowest BCUT2D eigenvalue weighted by atomic mass is 10.2. The van der Waals surface area contributed by atoms with Crippen molar-refractivity contribution >= 4 is 29.2 Å². The minimum Gasteiger partial charge on any atom is -0.316 e. The maximum Gasteiger partial charge on any atom is 0.336 e. The lowest BCUT2D eigenvalue weighted by Crippen LogP contribution is -3.09. The standard InChI is InChI=1S/C20H21ClFN3O2/c1-13-7-9-15(10-8-13)25-14(2)19(26)24(20(25)27)12-23(3)11-16-17(21)5-4-6-18(16)22/h4-10,14H,11-12H2,1-3H3/p+1/t14-/m1/s1. The molecule has 0 radical (unpaired) electrons. The number of carbonyl (C=O) groups excluding carboxylic acids is 2. The Morgan fingerprint density at radius 2 is 1.81 bits per heavy atom. The predicted molar refractivity (Wildman–Crippen MR) is 102 cm³/mol. The minimum atomic E-state index is -0.579. The molecule has 5 nitrogen and oxygen atoms in total. The van der Waals surface area contributed by atoms with Gasteiger partial charge in [-0.3, -0.25) is 9.69 Å². The van der Waals surface area contributed by atoms with E-state index in [1.807, 2.05) is 31.2 Å². The Labute approximate surface area is 162 Å². The van der Waals surface area contributed by atoms with Gasteiger partial charge in [-0.15, -0.1) is 0 Å². The van der Waals surface area contributed by atoms with Gasteiger partial charge in [-0.25, -0.2) is 14.1 Å². The fourth-order valence-corrected chi connectivity index (χ4v) is 3.47. The van der Waals surface area contributed by atoms with Crippen LogP contribution in [0.25, 0.3) is 0 Å². The van der Waals surface area contributed by atoms with Crippen molar-refractivity contribution in [2.45, 2.75) is 26.4 Å². The molecule has 0 spiro atoms. The van der Waals surface area contributed by atoms with E-state index in [9.17, 15) is 14.0 Å². The molecular weight excluding hydrogens is 369 g/mol. The van der Waals surface area contributed by atoms with E-state index < -0.39 is 11.9 Å². The van der Waals surface area contributed by atoms with E-state index >= 15 is 0 Å². The van der Waals surface area contributed by atoms with E-state index in [0.717, 1.165) is 10.5 Å². The van der Waals surface area contributed by atoms with Gasteiger partial charge in [0.2, 0.25) is 0 Å². The van der Waals surface area contributed by atoms with Gasteiger partial charge in [-0.05, 0) is 38.1 Å². The Morgan fingerprint density at radius 1 is 1.15 bits per heavy atom. The van der Waals surface area contributed by atoms with Crippen molar-refractivity contribution in [3.8, 4) is 0 Å². The molecule has 1 N–H and O–H groups in total. The molecule has 1 unspecified atom stereocenters. The molecule has 1 fully saturated rings. The van der Waals surface area contributed by atoms with Gasteiger partial charge in [0.05, 0.1) is 17.6 Å². The molecule has 2 aromatic rings. The first-order chi connectivity index (χ1) is 12.8. The average Bonchev–Trinajstić information content (AvgIpc) is 2.83. The highest BCUT2D eigenvalue weighted by Gasteiger charge is 2.44. The first kappa shape index (κ1) is 19.3. The third-order valence-electron chi connectivity index (χ3n) is 4.73. The Kier molecular flexibility index (Phi) is 5.48. The van der Waals surface area contributed by atoms with Crippen LogP contribution in [0.3, 0.4) is 0 Å². The van der Waals surface area contributed by atoms with Crippen LogP contribution < -0.4 is 9.80 Å². The van der Waals surface area contributed by atoms with Crippen molar-refractivity contribution in [3.05, 3.63) is 64.4 Å². The number of amides is 3. The summed E-state index contributed by atoms with van der Waals surface area (Å²) in [5.41, 5.74) is 2.13. The molecule has 3 rings (SSSR count). The van der Waals surface area contributed by atoms with E-state index in [2.05, 4.69) is 0 Å². The summed E-state index contributed by atoms with van der Waals surface area (Å²) in [5, 5.41) is 0.336. The number of rotatable bonds is 5. The largest absolute Gasteiger partial charge is 0.336 e. The zero-order valence-electron chi connectivity index (χ0n) is 15.5. The van der Waals surface area contributed by atoms with Crippen molar-refractivity contribution in [1.29, 1.82) is 0 Å². The van der Waals surface area contributed by atoms with Crippen LogP contribution in [0.1, 0.15) is 18.1 Å². The Bertz CT molecular complexity index is 852. The number of halogens is 2. The van der Waals surface area contributed by atoms with Gasteiger partial charge in [0, 0.05) is 5.69 Å². The number of nitrogens with one attached hydrogen (secondary N) is 1. The van der Waals surface area contributed by atoms with Gasteiger partial charge in [-0.1, -0.05) is 35.4 Å². The average molecular weight is 391 g/mol. The summed E-state index contributed by atoms with van der Waals surface area (Å²) in [4.78, 5) is 29.0. The Balaban J connectivity index is 1.76. The topological polar surface area (TPSA) is 45.1 Å². The summed E-state index contributed by atoms with van der Waals surface area (Å²) in [5.74, 6) is -0.657. The van der Waals surface area contributed by atoms with Crippen molar-refractivity contribution < 1.29 is 18.9 Å². The molecule has 1 heterocycles. The smallest absolute Gasteiger partial charge is 0.316 e. The number of nitrogens with zero attached hydrogens (tertiary/aromatic N) is 2. The molecule has 0 aliphatic carbocycles. The van der Waals surface area contributed by atoms with Crippen LogP contribution in [-0.2, 0) is 11.3 Å². The zero-order valence-corrected chi connectivity index (χ0v) is 16.3. The molecule has 2 atom stereocenters. The van der Waals surface area contributed by atoms with Crippen molar-refractivity contribution in [3.63, 3.8) is 0 Å². The number of aryl methyl sites for hydroxylation is 1. The van der Waals surface area contributed by atoms with Crippen LogP contribution in [0.4, 0.5) is 14.9 Å². The normalized spacial score (nSPS) is 18.3. The lowest BCUT2D eigenvalue weighted by molar-refractivity contribution is -0.901. The molecule has 0 aromatic heterocycles. The Morgan fingerprint density at radius 3 is 2.44 bits per heavy atom. The molecule has 2 aromatic carbocycles. The highest BCUT2D eigenvalue weighted by Crippen LogP contribution is 2.25. The van der Waals surface area contributed by atoms with Gasteiger partial charge in [0.25, 0.3) is 5.91 Å². The molecule has 27 heavy (non-hydrogen) atoms. The summed E-state index contributed by atoms with van der Waals surface area (Å²) < 4.78 is 14.0. The Hall–Kier alpha value is -2.44. The molecule has 1 saturated heterocycles. The highest BCUT2D eigenvalue weighted by atomic mass is 35.5. The van der Waals surface area contributed by atoms with E-state index in [0.29, 0.717) is 16.3 Å². The lowest BCUT2D eigenvalue weighted by Gasteiger charge is -2.21. The summed E-state index contributed by atoms with van der Waals surface area (Å²) >= 11 is 6.08. The molecule has 0 saturated carbocycles. The second-order valence-electron chi connectivity index (χ2n) is 6.92. The molecule has 1 aliphatic heterocycles. The first-order valence-electron chi connectivity index (χ1n) is 8.75. The summed E-state index contributed by atoms with van der Waals surface area (Å²) in [6, 6.07) is 11.0. The SMILES string of the molecule is Cc1ccc(N2C(=O)N(C[NH+](C)Cc3c(F)cccc3Cl)C(=O)[C@H]2C)cc1. The van der Waals surface area contributed by atoms with Crippen molar-refractivity contribution in [2.75, 3.05) is 18.6 Å². The zero-order chi connectivity index (χ0) is 19.7. The van der Waals surface area contributed by atoms with Gasteiger partial charge in [-0.2, -0.15) is 0 Å². The van der Waals surface area contributed by atoms with Crippen LogP contribution in [-0.4, -0.2) is 36.6 Å². The van der Waals surface area contributed by atoms with Crippen LogP contribution in [0.15, 0.2) is 42.5 Å². The number of hydrogen-bond acceptors (Lipinski definition) is 2. The van der Waals surface area contributed by atoms with Gasteiger partial charge in [0.1, 0.15) is 18.4 Å². The number of hydrogen-bond donors (Lipinski definition) is 1. The van der Waals surface area contributed by atoms with Gasteiger partial charge in [0.15, 0.2) is 6.67 Å². The second-order valence-corrected chi connectivity index (χ2v) is 7.33. The van der Waals surface area contributed by atoms with Crippen LogP contribution in [0.5, 0.6) is 0 Å². The maximum absolute atomic E-state index is 14.0. The molecule has 3 amide bonds. The predicted octanol–water partition coefficient (Wildman–Crippen LogP) is 2.62. The monoisotopic (exact) mass is 390 g/mol. The van der Waals surface area contributed by atoms with E-state index in [4.69, 9.17) is 11.6 Å². The molecular formula is C20H22ClFN3O2+. The summed E-state index contributed by atoms with van der Waals surface area (Å²) in [6.45, 7) is 4.07. The van der Waals surface area contributed by atoms with Gasteiger partial charge < -0.3 is 4.90 Å². The van der Waals surface area contributed by atoms with Crippen molar-refractivity contribution in [2.24, 2.45) is 0 Å². The molecule has 1 aliphatic rings. The number of urea groups is 1. The van der Waals surface area contributed by atoms with Crippen LogP contribution >= 0.6 is 11.6 Å². The van der Waals surface area contributed by atoms with Crippen LogP contribution in [0, 0.1) is 12.7 Å². The number of carbonyl (C=O) groups is 2. The summed E-state index contributed by atoms with van der Waals surface area (Å²) in [7, 11) is 1.79. The number of imide groups is 1. The van der Waals surface area contributed by atoms with Crippen molar-refractivity contribution in [1.82, 2.24) is 4.90 Å². The molecule has 142 valence electrons. The van der Waals surface area contributed by atoms with E-state index in [1.165, 1.54) is 15.9 Å². The number of benzene rings is 2. The third-order valence-corrected chi connectivity index (χ3v) is 5.08. The summed E-state index contributed by atoms with van der Waals surface area (Å²) in [6.07, 6.45) is 0. The highest BCUT2D eigenvalue weighted by molar-refractivity contribution is 6.31. The first-order valence-corrected chi connectivity index (χ1v) is 9.13. The molecule has 7 heteroatoms. The number of quaternary nitrogens is 1. The maximum atomic E-state index is 14.0. The number of anilines is 1.